The molecule has 0 aliphatic heterocycles. The monoisotopic (exact) mass is 214 g/mol. The molecule has 0 bridgehead atoms. The molecule has 1 atom stereocenters. The molecule has 2 N–H and O–H groups in total. The molecule has 0 radical (unpaired) electrons. The van der Waals surface area contributed by atoms with Crippen LogP contribution in [0.2, 0.25) is 0 Å². The van der Waals surface area contributed by atoms with Gasteiger partial charge >= 0.3 is 0 Å². The van der Waals surface area contributed by atoms with Crippen molar-refractivity contribution in [2.24, 2.45) is 0 Å². The normalized spacial score (nSPS) is 24.7. The van der Waals surface area contributed by atoms with Gasteiger partial charge in [-0.05, 0) is 23.8 Å². The van der Waals surface area contributed by atoms with Crippen LogP contribution in [0.25, 0.3) is 6.08 Å². The molecule has 0 saturated heterocycles. The molecule has 0 aromatic heterocycles. The molecule has 2 heteroatoms. The van der Waals surface area contributed by atoms with Crippen LogP contribution in [0, 0.1) is 0 Å². The fourth-order valence-corrected chi connectivity index (χ4v) is 1.65. The zero-order chi connectivity index (χ0) is 11.4. The Balaban J connectivity index is 2.13. The van der Waals surface area contributed by atoms with Crippen LogP contribution in [0.15, 0.2) is 60.4 Å². The van der Waals surface area contributed by atoms with E-state index < -0.39 is 5.60 Å². The Kier molecular flexibility index (Phi) is 2.93. The SMILES string of the molecule is OC1=CC=CC(O)(C=Cc2ccccc2)C1. The highest BCUT2D eigenvalue weighted by atomic mass is 16.3. The zero-order valence-electron chi connectivity index (χ0n) is 8.88. The van der Waals surface area contributed by atoms with Gasteiger partial charge in [0.05, 0.1) is 5.76 Å². The van der Waals surface area contributed by atoms with Gasteiger partial charge in [0.1, 0.15) is 5.60 Å². The number of rotatable bonds is 2. The molecule has 1 aromatic rings. The Hall–Kier alpha value is -1.80. The molecular weight excluding hydrogens is 200 g/mol. The molecule has 1 unspecified atom stereocenters. The Morgan fingerprint density at radius 2 is 1.94 bits per heavy atom. The van der Waals surface area contributed by atoms with E-state index in [0.29, 0.717) is 0 Å². The maximum atomic E-state index is 10.1. The molecule has 1 aromatic carbocycles. The van der Waals surface area contributed by atoms with E-state index in [1.54, 1.807) is 24.3 Å². The zero-order valence-corrected chi connectivity index (χ0v) is 8.88. The van der Waals surface area contributed by atoms with Crippen LogP contribution in [0.3, 0.4) is 0 Å². The first kappa shape index (κ1) is 10.7. The lowest BCUT2D eigenvalue weighted by Crippen LogP contribution is -2.24. The average Bonchev–Trinajstić information content (AvgIpc) is 2.28. The van der Waals surface area contributed by atoms with Crippen LogP contribution in [0.1, 0.15) is 12.0 Å². The van der Waals surface area contributed by atoms with E-state index in [2.05, 4.69) is 0 Å². The van der Waals surface area contributed by atoms with Gasteiger partial charge in [-0.3, -0.25) is 0 Å². The molecule has 0 fully saturated rings. The van der Waals surface area contributed by atoms with Crippen LogP contribution in [0.5, 0.6) is 0 Å². The second-order valence-corrected chi connectivity index (χ2v) is 3.93. The van der Waals surface area contributed by atoms with Crippen molar-refractivity contribution in [3.63, 3.8) is 0 Å². The van der Waals surface area contributed by atoms with E-state index in [1.165, 1.54) is 0 Å². The van der Waals surface area contributed by atoms with Gasteiger partial charge in [0.2, 0.25) is 0 Å². The van der Waals surface area contributed by atoms with Crippen molar-refractivity contribution in [2.45, 2.75) is 12.0 Å². The maximum Gasteiger partial charge on any atom is 0.108 e. The minimum Gasteiger partial charge on any atom is -0.512 e. The number of hydrogen-bond acceptors (Lipinski definition) is 2. The van der Waals surface area contributed by atoms with Crippen LogP contribution < -0.4 is 0 Å². The molecule has 0 heterocycles. The highest BCUT2D eigenvalue weighted by molar-refractivity contribution is 5.51. The van der Waals surface area contributed by atoms with Crippen molar-refractivity contribution in [2.75, 3.05) is 0 Å². The summed E-state index contributed by atoms with van der Waals surface area (Å²) in [6.07, 6.45) is 8.70. The third-order valence-electron chi connectivity index (χ3n) is 2.50. The second-order valence-electron chi connectivity index (χ2n) is 3.93. The van der Waals surface area contributed by atoms with E-state index in [4.69, 9.17) is 0 Å². The Bertz CT molecular complexity index is 443. The lowest BCUT2D eigenvalue weighted by molar-refractivity contribution is 0.126. The predicted molar refractivity (Wildman–Crippen MR) is 64.9 cm³/mol. The average molecular weight is 214 g/mol. The Morgan fingerprint density at radius 1 is 1.19 bits per heavy atom. The van der Waals surface area contributed by atoms with Crippen molar-refractivity contribution < 1.29 is 10.2 Å². The summed E-state index contributed by atoms with van der Waals surface area (Å²) in [5, 5.41) is 19.5. The van der Waals surface area contributed by atoms with Crippen molar-refractivity contribution in [1.82, 2.24) is 0 Å². The summed E-state index contributed by atoms with van der Waals surface area (Å²) in [6.45, 7) is 0. The minimum atomic E-state index is -1.07. The molecule has 0 spiro atoms. The van der Waals surface area contributed by atoms with Crippen LogP contribution in [-0.2, 0) is 0 Å². The fraction of sp³-hybridized carbons (Fsp3) is 0.143. The van der Waals surface area contributed by atoms with E-state index >= 15 is 0 Å². The summed E-state index contributed by atoms with van der Waals surface area (Å²) in [5.41, 5.74) is -0.0485. The predicted octanol–water partition coefficient (Wildman–Crippen LogP) is 2.83. The van der Waals surface area contributed by atoms with Gasteiger partial charge in [-0.2, -0.15) is 0 Å². The third kappa shape index (κ3) is 2.61. The molecule has 82 valence electrons. The Labute approximate surface area is 94.9 Å². The van der Waals surface area contributed by atoms with Crippen molar-refractivity contribution in [3.05, 3.63) is 66.0 Å². The number of benzene rings is 1. The first-order chi connectivity index (χ1) is 7.68. The summed E-state index contributed by atoms with van der Waals surface area (Å²) >= 11 is 0. The first-order valence-electron chi connectivity index (χ1n) is 5.22. The van der Waals surface area contributed by atoms with E-state index in [1.807, 2.05) is 36.4 Å². The van der Waals surface area contributed by atoms with E-state index in [0.717, 1.165) is 5.56 Å². The molecular formula is C14H14O2. The minimum absolute atomic E-state index is 0.197. The van der Waals surface area contributed by atoms with Crippen molar-refractivity contribution >= 4 is 6.08 Å². The van der Waals surface area contributed by atoms with Gasteiger partial charge in [0.15, 0.2) is 0 Å². The molecule has 2 nitrogen and oxygen atoms in total. The van der Waals surface area contributed by atoms with Gasteiger partial charge in [0.25, 0.3) is 0 Å². The summed E-state index contributed by atoms with van der Waals surface area (Å²) in [6, 6.07) is 9.75. The van der Waals surface area contributed by atoms with Crippen LogP contribution >= 0.6 is 0 Å². The second kappa shape index (κ2) is 4.37. The molecule has 0 amide bonds. The molecule has 16 heavy (non-hydrogen) atoms. The summed E-state index contributed by atoms with van der Waals surface area (Å²) in [4.78, 5) is 0. The van der Waals surface area contributed by atoms with Gasteiger partial charge in [0, 0.05) is 6.42 Å². The van der Waals surface area contributed by atoms with Gasteiger partial charge in [-0.1, -0.05) is 42.5 Å². The van der Waals surface area contributed by atoms with E-state index in [-0.39, 0.29) is 12.2 Å². The number of hydrogen-bond donors (Lipinski definition) is 2. The number of aliphatic hydroxyl groups is 2. The summed E-state index contributed by atoms with van der Waals surface area (Å²) in [7, 11) is 0. The smallest absolute Gasteiger partial charge is 0.108 e. The third-order valence-corrected chi connectivity index (χ3v) is 2.50. The quantitative estimate of drug-likeness (QED) is 0.794. The van der Waals surface area contributed by atoms with Crippen molar-refractivity contribution in [3.8, 4) is 0 Å². The molecule has 1 aliphatic rings. The van der Waals surface area contributed by atoms with Gasteiger partial charge < -0.3 is 10.2 Å². The van der Waals surface area contributed by atoms with Crippen molar-refractivity contribution in [1.29, 1.82) is 0 Å². The number of aliphatic hydroxyl groups excluding tert-OH is 1. The molecule has 1 aliphatic carbocycles. The standard InChI is InChI=1S/C14H14O2/c15-13-7-4-9-14(16,11-13)10-8-12-5-2-1-3-6-12/h1-10,15-16H,11H2. The topological polar surface area (TPSA) is 40.5 Å². The van der Waals surface area contributed by atoms with Crippen LogP contribution in [0.4, 0.5) is 0 Å². The first-order valence-corrected chi connectivity index (χ1v) is 5.22. The lowest BCUT2D eigenvalue weighted by atomic mass is 9.93. The summed E-state index contributed by atoms with van der Waals surface area (Å²) < 4.78 is 0. The highest BCUT2D eigenvalue weighted by Gasteiger charge is 2.23. The fourth-order valence-electron chi connectivity index (χ4n) is 1.65. The largest absolute Gasteiger partial charge is 0.512 e. The van der Waals surface area contributed by atoms with Gasteiger partial charge in [-0.15, -0.1) is 0 Å². The summed E-state index contributed by atoms with van der Waals surface area (Å²) in [5.74, 6) is 0.197. The lowest BCUT2D eigenvalue weighted by Gasteiger charge is -2.22. The van der Waals surface area contributed by atoms with Crippen LogP contribution in [-0.4, -0.2) is 15.8 Å². The highest BCUT2D eigenvalue weighted by Crippen LogP contribution is 2.23. The Morgan fingerprint density at radius 3 is 2.62 bits per heavy atom. The maximum absolute atomic E-state index is 10.1. The van der Waals surface area contributed by atoms with Gasteiger partial charge in [-0.25, -0.2) is 0 Å². The molecule has 2 rings (SSSR count). The van der Waals surface area contributed by atoms with E-state index in [9.17, 15) is 10.2 Å². The number of allylic oxidation sites excluding steroid dienone is 2. The molecule has 0 saturated carbocycles.